The fourth-order valence-corrected chi connectivity index (χ4v) is 3.38. The summed E-state index contributed by atoms with van der Waals surface area (Å²) in [6.07, 6.45) is 1.58. The number of thioether (sulfide) groups is 1. The predicted molar refractivity (Wildman–Crippen MR) is 82.8 cm³/mol. The highest BCUT2D eigenvalue weighted by Gasteiger charge is 2.23. The highest BCUT2D eigenvalue weighted by molar-refractivity contribution is 7.99. The van der Waals surface area contributed by atoms with E-state index in [1.807, 2.05) is 18.7 Å². The lowest BCUT2D eigenvalue weighted by Crippen LogP contribution is -2.36. The van der Waals surface area contributed by atoms with Crippen molar-refractivity contribution in [2.24, 2.45) is 10.9 Å². The lowest BCUT2D eigenvalue weighted by atomic mass is 10.0. The highest BCUT2D eigenvalue weighted by Crippen LogP contribution is 2.26. The van der Waals surface area contributed by atoms with Gasteiger partial charge in [0, 0.05) is 24.6 Å². The van der Waals surface area contributed by atoms with E-state index in [1.54, 1.807) is 0 Å². The van der Waals surface area contributed by atoms with Gasteiger partial charge in [-0.1, -0.05) is 19.0 Å². The minimum Gasteiger partial charge on any atom is -0.409 e. The zero-order chi connectivity index (χ0) is 14.5. The Morgan fingerprint density at radius 1 is 1.30 bits per heavy atom. The highest BCUT2D eigenvalue weighted by atomic mass is 32.2. The molecule has 110 valence electrons. The van der Waals surface area contributed by atoms with Gasteiger partial charge in [-0.05, 0) is 18.4 Å². The summed E-state index contributed by atoms with van der Waals surface area (Å²) in [4.78, 5) is 2.18. The van der Waals surface area contributed by atoms with Crippen molar-refractivity contribution in [3.8, 4) is 0 Å². The Bertz CT molecular complexity index is 500. The summed E-state index contributed by atoms with van der Waals surface area (Å²) in [6.45, 7) is 5.93. The molecule has 0 aromatic carbocycles. The molecule has 1 saturated heterocycles. The Balaban J connectivity index is 2.55. The molecule has 1 fully saturated rings. The van der Waals surface area contributed by atoms with Gasteiger partial charge in [-0.3, -0.25) is 0 Å². The molecule has 0 bridgehead atoms. The fraction of sp³-hybridized carbons (Fsp3) is 0.615. The first-order valence-electron chi connectivity index (χ1n) is 6.91. The molecular formula is C13H21N5OS. The normalized spacial score (nSPS) is 16.5. The molecule has 0 radical (unpaired) electrons. The van der Waals surface area contributed by atoms with Crippen LogP contribution < -0.4 is 10.6 Å². The summed E-state index contributed by atoms with van der Waals surface area (Å²) in [5.41, 5.74) is 8.60. The van der Waals surface area contributed by atoms with Gasteiger partial charge in [-0.15, -0.1) is 5.10 Å². The van der Waals surface area contributed by atoms with Crippen LogP contribution in [0, 0.1) is 0 Å². The number of hydrogen-bond donors (Lipinski definition) is 2. The van der Waals surface area contributed by atoms with Gasteiger partial charge in [-0.25, -0.2) is 0 Å². The lowest BCUT2D eigenvalue weighted by Gasteiger charge is -2.29. The van der Waals surface area contributed by atoms with Gasteiger partial charge in [0.15, 0.2) is 11.7 Å². The van der Waals surface area contributed by atoms with Crippen molar-refractivity contribution in [3.63, 3.8) is 0 Å². The van der Waals surface area contributed by atoms with Gasteiger partial charge >= 0.3 is 0 Å². The van der Waals surface area contributed by atoms with Crippen LogP contribution in [-0.2, 0) is 12.8 Å². The Morgan fingerprint density at radius 3 is 2.55 bits per heavy atom. The molecule has 3 N–H and O–H groups in total. The quantitative estimate of drug-likeness (QED) is 0.376. The number of rotatable bonds is 4. The number of aromatic nitrogens is 2. The van der Waals surface area contributed by atoms with Gasteiger partial charge in [0.25, 0.3) is 0 Å². The molecule has 20 heavy (non-hydrogen) atoms. The fourth-order valence-electron chi connectivity index (χ4n) is 2.48. The molecular weight excluding hydrogens is 274 g/mol. The average Bonchev–Trinajstić information content (AvgIpc) is 2.53. The Morgan fingerprint density at radius 2 is 2.00 bits per heavy atom. The number of nitrogens with zero attached hydrogens (tertiary/aromatic N) is 4. The number of hydrogen-bond acceptors (Lipinski definition) is 6. The number of aryl methyl sites for hydroxylation is 1. The topological polar surface area (TPSA) is 87.6 Å². The molecule has 2 heterocycles. The van der Waals surface area contributed by atoms with Gasteiger partial charge in [0.1, 0.15) is 0 Å². The molecule has 2 rings (SSSR count). The third-order valence-corrected chi connectivity index (χ3v) is 4.44. The van der Waals surface area contributed by atoms with E-state index in [4.69, 9.17) is 10.9 Å². The molecule has 1 aromatic rings. The average molecular weight is 295 g/mol. The lowest BCUT2D eigenvalue weighted by molar-refractivity contribution is 0.318. The van der Waals surface area contributed by atoms with E-state index >= 15 is 0 Å². The van der Waals surface area contributed by atoms with Gasteiger partial charge < -0.3 is 15.8 Å². The van der Waals surface area contributed by atoms with Crippen LogP contribution in [0.5, 0.6) is 0 Å². The number of amidine groups is 1. The van der Waals surface area contributed by atoms with E-state index in [2.05, 4.69) is 27.2 Å². The zero-order valence-electron chi connectivity index (χ0n) is 12.0. The first kappa shape index (κ1) is 14.9. The van der Waals surface area contributed by atoms with E-state index in [1.165, 1.54) is 0 Å². The van der Waals surface area contributed by atoms with Crippen molar-refractivity contribution in [2.75, 3.05) is 29.5 Å². The summed E-state index contributed by atoms with van der Waals surface area (Å²) in [5, 5.41) is 21.0. The molecule has 1 aromatic heterocycles. The second-order valence-corrected chi connectivity index (χ2v) is 5.84. The molecule has 0 atom stereocenters. The van der Waals surface area contributed by atoms with Crippen molar-refractivity contribution in [1.29, 1.82) is 0 Å². The Kier molecular flexibility index (Phi) is 5.05. The minimum atomic E-state index is 0.125. The third kappa shape index (κ3) is 2.82. The van der Waals surface area contributed by atoms with Crippen LogP contribution in [0.15, 0.2) is 5.16 Å². The van der Waals surface area contributed by atoms with Gasteiger partial charge in [0.2, 0.25) is 0 Å². The minimum absolute atomic E-state index is 0.125. The van der Waals surface area contributed by atoms with Crippen molar-refractivity contribution in [1.82, 2.24) is 10.2 Å². The van der Waals surface area contributed by atoms with Gasteiger partial charge in [0.05, 0.1) is 11.3 Å². The molecule has 1 aliphatic rings. The standard InChI is InChI=1S/C13H21N5OS/c1-3-9-10(4-2)15-16-13(11(9)12(14)17-19)18-5-7-20-8-6-18/h19H,3-8H2,1-2H3,(H2,14,17). The van der Waals surface area contributed by atoms with Crippen molar-refractivity contribution >= 4 is 23.4 Å². The van der Waals surface area contributed by atoms with Crippen LogP contribution in [0.4, 0.5) is 5.82 Å². The summed E-state index contributed by atoms with van der Waals surface area (Å²) in [6, 6.07) is 0. The molecule has 0 saturated carbocycles. The summed E-state index contributed by atoms with van der Waals surface area (Å²) < 4.78 is 0. The third-order valence-electron chi connectivity index (χ3n) is 3.50. The predicted octanol–water partition coefficient (Wildman–Crippen LogP) is 1.25. The monoisotopic (exact) mass is 295 g/mol. The number of oxime groups is 1. The van der Waals surface area contributed by atoms with Crippen molar-refractivity contribution in [3.05, 3.63) is 16.8 Å². The SMILES string of the molecule is CCc1nnc(N2CCSCC2)c(C(N)=NO)c1CC. The van der Waals surface area contributed by atoms with Crippen LogP contribution in [0.25, 0.3) is 0 Å². The van der Waals surface area contributed by atoms with Gasteiger partial charge in [-0.2, -0.15) is 16.9 Å². The second kappa shape index (κ2) is 6.78. The molecule has 6 nitrogen and oxygen atoms in total. The van der Waals surface area contributed by atoms with Crippen LogP contribution in [-0.4, -0.2) is 45.8 Å². The summed E-state index contributed by atoms with van der Waals surface area (Å²) in [7, 11) is 0. The van der Waals surface area contributed by atoms with Crippen LogP contribution >= 0.6 is 11.8 Å². The number of anilines is 1. The van der Waals surface area contributed by atoms with E-state index < -0.39 is 0 Å². The zero-order valence-corrected chi connectivity index (χ0v) is 12.8. The summed E-state index contributed by atoms with van der Waals surface area (Å²) in [5.74, 6) is 3.00. The van der Waals surface area contributed by atoms with E-state index in [9.17, 15) is 0 Å². The van der Waals surface area contributed by atoms with Crippen LogP contribution in [0.1, 0.15) is 30.7 Å². The van der Waals surface area contributed by atoms with E-state index in [0.717, 1.165) is 60.1 Å². The summed E-state index contributed by atoms with van der Waals surface area (Å²) >= 11 is 1.93. The first-order valence-corrected chi connectivity index (χ1v) is 8.07. The molecule has 0 amide bonds. The first-order chi connectivity index (χ1) is 9.72. The van der Waals surface area contributed by atoms with Crippen LogP contribution in [0.3, 0.4) is 0 Å². The smallest absolute Gasteiger partial charge is 0.174 e. The molecule has 0 aliphatic carbocycles. The number of nitrogens with two attached hydrogens (primary N) is 1. The second-order valence-electron chi connectivity index (χ2n) is 4.62. The largest absolute Gasteiger partial charge is 0.409 e. The van der Waals surface area contributed by atoms with Crippen molar-refractivity contribution < 1.29 is 5.21 Å². The Hall–Kier alpha value is -1.50. The molecule has 7 heteroatoms. The molecule has 0 unspecified atom stereocenters. The maximum atomic E-state index is 9.09. The molecule has 1 aliphatic heterocycles. The van der Waals surface area contributed by atoms with E-state index in [0.29, 0.717) is 0 Å². The maximum absolute atomic E-state index is 9.09. The van der Waals surface area contributed by atoms with Crippen LogP contribution in [0.2, 0.25) is 0 Å². The Labute approximate surface area is 123 Å². The van der Waals surface area contributed by atoms with Crippen molar-refractivity contribution in [2.45, 2.75) is 26.7 Å². The maximum Gasteiger partial charge on any atom is 0.174 e. The molecule has 0 spiro atoms. The van der Waals surface area contributed by atoms with E-state index in [-0.39, 0.29) is 5.84 Å².